The standard InChI is InChI=1S/C40H40Cl2N4O2/c1-40(2)24-33-37(35(47)25-40)39(30-18-17-29(41)23-31(30)42)46(34-16-10-9-15-32(34)43-33)26-36(48)44-19-21-45(22-20-44)38(27-11-5-3-6-12-27)28-13-7-4-8-14-28/h3-18,23,38-39,43H,19-22,24-26H2,1-2H3. The van der Waals surface area contributed by atoms with E-state index in [4.69, 9.17) is 23.2 Å². The van der Waals surface area contributed by atoms with E-state index in [-0.39, 0.29) is 29.7 Å². The minimum absolute atomic E-state index is 0.0168. The van der Waals surface area contributed by atoms with Crippen LogP contribution in [0.15, 0.2) is 114 Å². The van der Waals surface area contributed by atoms with Gasteiger partial charge in [-0.2, -0.15) is 0 Å². The summed E-state index contributed by atoms with van der Waals surface area (Å²) < 4.78 is 0. The van der Waals surface area contributed by atoms with Crippen molar-refractivity contribution in [3.8, 4) is 0 Å². The molecule has 6 nitrogen and oxygen atoms in total. The summed E-state index contributed by atoms with van der Waals surface area (Å²) in [6.07, 6.45) is 1.12. The molecule has 7 rings (SSSR count). The van der Waals surface area contributed by atoms with Gasteiger partial charge in [-0.1, -0.05) is 116 Å². The Morgan fingerprint density at radius 1 is 0.833 bits per heavy atom. The summed E-state index contributed by atoms with van der Waals surface area (Å²) >= 11 is 13.3. The van der Waals surface area contributed by atoms with E-state index in [0.717, 1.165) is 35.7 Å². The maximum Gasteiger partial charge on any atom is 0.242 e. The number of hydrogen-bond donors (Lipinski definition) is 1. The van der Waals surface area contributed by atoms with Gasteiger partial charge in [-0.25, -0.2) is 0 Å². The second-order valence-corrected chi connectivity index (χ2v) is 14.7. The molecule has 1 saturated heterocycles. The van der Waals surface area contributed by atoms with Crippen LogP contribution in [0.4, 0.5) is 11.4 Å². The fourth-order valence-corrected chi connectivity index (χ4v) is 8.15. The first-order valence-electron chi connectivity index (χ1n) is 16.6. The number of carbonyl (C=O) groups is 2. The monoisotopic (exact) mass is 678 g/mol. The van der Waals surface area contributed by atoms with Gasteiger partial charge in [-0.05, 0) is 52.8 Å². The quantitative estimate of drug-likeness (QED) is 0.222. The summed E-state index contributed by atoms with van der Waals surface area (Å²) in [6, 6.07) is 34.1. The van der Waals surface area contributed by atoms with Gasteiger partial charge in [0, 0.05) is 53.9 Å². The van der Waals surface area contributed by atoms with Crippen molar-refractivity contribution >= 4 is 46.3 Å². The van der Waals surface area contributed by atoms with Crippen molar-refractivity contribution < 1.29 is 9.59 Å². The third kappa shape index (κ3) is 6.49. The molecule has 1 unspecified atom stereocenters. The Hall–Kier alpha value is -4.10. The van der Waals surface area contributed by atoms with E-state index < -0.39 is 6.04 Å². The molecule has 0 saturated carbocycles. The van der Waals surface area contributed by atoms with E-state index in [2.05, 4.69) is 77.5 Å². The summed E-state index contributed by atoms with van der Waals surface area (Å²) in [7, 11) is 0. The number of ketones is 1. The van der Waals surface area contributed by atoms with E-state index in [9.17, 15) is 9.59 Å². The Kier molecular flexibility index (Phi) is 9.08. The Morgan fingerprint density at radius 3 is 2.10 bits per heavy atom. The second kappa shape index (κ2) is 13.4. The number of Topliss-reactive ketones (excluding diaryl/α,β-unsaturated/α-hetero) is 1. The van der Waals surface area contributed by atoms with Crippen molar-refractivity contribution in [2.45, 2.75) is 38.8 Å². The SMILES string of the molecule is CC1(C)CC(=O)C2=C(C1)Nc1ccccc1N(CC(=O)N1CCN(C(c3ccccc3)c3ccccc3)CC1)C2c1ccc(Cl)cc1Cl. The number of nitrogens with one attached hydrogen (secondary N) is 1. The van der Waals surface area contributed by atoms with Gasteiger partial charge in [0.05, 0.1) is 30.0 Å². The number of para-hydroxylation sites is 2. The Balaban J connectivity index is 1.20. The van der Waals surface area contributed by atoms with Crippen LogP contribution in [0, 0.1) is 5.41 Å². The molecule has 3 aliphatic rings. The lowest BCUT2D eigenvalue weighted by molar-refractivity contribution is -0.131. The number of rotatable bonds is 6. The Labute approximate surface area is 292 Å². The smallest absolute Gasteiger partial charge is 0.242 e. The highest BCUT2D eigenvalue weighted by atomic mass is 35.5. The highest BCUT2D eigenvalue weighted by Crippen LogP contribution is 2.49. The van der Waals surface area contributed by atoms with Gasteiger partial charge in [-0.3, -0.25) is 14.5 Å². The van der Waals surface area contributed by atoms with Crippen LogP contribution >= 0.6 is 23.2 Å². The molecule has 0 radical (unpaired) electrons. The minimum atomic E-state index is -0.560. The third-order valence-corrected chi connectivity index (χ3v) is 10.4. The number of carbonyl (C=O) groups excluding carboxylic acids is 2. The molecule has 1 atom stereocenters. The number of halogens is 2. The highest BCUT2D eigenvalue weighted by molar-refractivity contribution is 6.35. The molecule has 1 N–H and O–H groups in total. The molecule has 1 aliphatic carbocycles. The molecule has 0 bridgehead atoms. The van der Waals surface area contributed by atoms with E-state index in [1.54, 1.807) is 12.1 Å². The molecule has 2 heterocycles. The zero-order valence-electron chi connectivity index (χ0n) is 27.3. The summed E-state index contributed by atoms with van der Waals surface area (Å²) in [4.78, 5) is 34.9. The van der Waals surface area contributed by atoms with E-state index >= 15 is 0 Å². The fraction of sp³-hybridized carbons (Fsp3) is 0.300. The van der Waals surface area contributed by atoms with E-state index in [1.165, 1.54) is 11.1 Å². The van der Waals surface area contributed by atoms with Gasteiger partial charge in [0.15, 0.2) is 5.78 Å². The molecule has 2 aliphatic heterocycles. The largest absolute Gasteiger partial charge is 0.357 e. The number of piperazine rings is 1. The first kappa shape index (κ1) is 32.4. The maximum atomic E-state index is 14.4. The molecule has 1 fully saturated rings. The van der Waals surface area contributed by atoms with Crippen molar-refractivity contribution in [3.05, 3.63) is 141 Å². The van der Waals surface area contributed by atoms with Gasteiger partial charge in [0.2, 0.25) is 5.91 Å². The van der Waals surface area contributed by atoms with Gasteiger partial charge in [0.1, 0.15) is 0 Å². The van der Waals surface area contributed by atoms with Crippen molar-refractivity contribution in [2.24, 2.45) is 5.41 Å². The molecule has 4 aromatic rings. The number of fused-ring (bicyclic) bond motifs is 1. The lowest BCUT2D eigenvalue weighted by atomic mass is 9.73. The van der Waals surface area contributed by atoms with Crippen LogP contribution in [0.2, 0.25) is 10.0 Å². The summed E-state index contributed by atoms with van der Waals surface area (Å²) in [5.74, 6) is 0.0830. The predicted molar refractivity (Wildman–Crippen MR) is 195 cm³/mol. The van der Waals surface area contributed by atoms with Crippen molar-refractivity contribution in [1.29, 1.82) is 0 Å². The average molecular weight is 680 g/mol. The van der Waals surface area contributed by atoms with Gasteiger partial charge in [0.25, 0.3) is 0 Å². The van der Waals surface area contributed by atoms with Crippen LogP contribution in [0.25, 0.3) is 0 Å². The number of benzene rings is 4. The van der Waals surface area contributed by atoms with Crippen LogP contribution in [0.5, 0.6) is 0 Å². The van der Waals surface area contributed by atoms with E-state index in [1.807, 2.05) is 47.4 Å². The van der Waals surface area contributed by atoms with Crippen molar-refractivity contribution in [3.63, 3.8) is 0 Å². The first-order valence-corrected chi connectivity index (χ1v) is 17.4. The van der Waals surface area contributed by atoms with Gasteiger partial charge in [-0.15, -0.1) is 0 Å². The van der Waals surface area contributed by atoms with Crippen LogP contribution in [0.1, 0.15) is 55.5 Å². The highest BCUT2D eigenvalue weighted by Gasteiger charge is 2.43. The number of anilines is 2. The Bertz CT molecular complexity index is 1810. The Morgan fingerprint density at radius 2 is 1.46 bits per heavy atom. The van der Waals surface area contributed by atoms with Crippen LogP contribution in [-0.2, 0) is 9.59 Å². The van der Waals surface area contributed by atoms with Crippen molar-refractivity contribution in [1.82, 2.24) is 9.80 Å². The molecular weight excluding hydrogens is 639 g/mol. The molecule has 1 amide bonds. The van der Waals surface area contributed by atoms with Crippen LogP contribution in [0.3, 0.4) is 0 Å². The molecule has 8 heteroatoms. The first-order chi connectivity index (χ1) is 23.2. The normalized spacial score (nSPS) is 19.4. The lowest BCUT2D eigenvalue weighted by Crippen LogP contribution is -2.52. The minimum Gasteiger partial charge on any atom is -0.357 e. The molecule has 4 aromatic carbocycles. The molecule has 0 spiro atoms. The average Bonchev–Trinajstić information content (AvgIpc) is 3.20. The number of amides is 1. The zero-order chi connectivity index (χ0) is 33.4. The van der Waals surface area contributed by atoms with Crippen LogP contribution < -0.4 is 10.2 Å². The molecule has 246 valence electrons. The predicted octanol–water partition coefficient (Wildman–Crippen LogP) is 8.54. The fourth-order valence-electron chi connectivity index (χ4n) is 7.63. The third-order valence-electron chi connectivity index (χ3n) is 9.83. The topological polar surface area (TPSA) is 55.9 Å². The lowest BCUT2D eigenvalue weighted by Gasteiger charge is -2.42. The van der Waals surface area contributed by atoms with E-state index in [0.29, 0.717) is 41.5 Å². The van der Waals surface area contributed by atoms with Crippen molar-refractivity contribution in [2.75, 3.05) is 42.9 Å². The maximum absolute atomic E-state index is 14.4. The summed E-state index contributed by atoms with van der Waals surface area (Å²) in [5.41, 5.74) is 6.31. The molecule has 48 heavy (non-hydrogen) atoms. The second-order valence-electron chi connectivity index (χ2n) is 13.8. The van der Waals surface area contributed by atoms with Gasteiger partial charge >= 0.3 is 0 Å². The molecular formula is C40H40Cl2N4O2. The number of allylic oxidation sites excluding steroid dienone is 1. The molecule has 0 aromatic heterocycles. The van der Waals surface area contributed by atoms with Gasteiger partial charge < -0.3 is 15.1 Å². The summed E-state index contributed by atoms with van der Waals surface area (Å²) in [6.45, 7) is 7.04. The van der Waals surface area contributed by atoms with Crippen LogP contribution in [-0.4, -0.2) is 54.2 Å². The number of nitrogens with zero attached hydrogens (tertiary/aromatic N) is 3. The summed E-state index contributed by atoms with van der Waals surface area (Å²) in [5, 5.41) is 4.61. The number of hydrogen-bond acceptors (Lipinski definition) is 5. The zero-order valence-corrected chi connectivity index (χ0v) is 28.8.